The van der Waals surface area contributed by atoms with E-state index in [2.05, 4.69) is 0 Å². The lowest BCUT2D eigenvalue weighted by atomic mass is 10.3. The Labute approximate surface area is 73.8 Å². The maximum Gasteiger partial charge on any atom is 0.236 e. The van der Waals surface area contributed by atoms with Gasteiger partial charge in [0, 0.05) is 20.1 Å². The lowest BCUT2D eigenvalue weighted by Crippen LogP contribution is -2.40. The van der Waals surface area contributed by atoms with E-state index in [-0.39, 0.29) is 18.6 Å². The van der Waals surface area contributed by atoms with E-state index in [1.807, 2.05) is 18.9 Å². The van der Waals surface area contributed by atoms with Gasteiger partial charge in [-0.25, -0.2) is 0 Å². The van der Waals surface area contributed by atoms with E-state index < -0.39 is 0 Å². The molecule has 0 aromatic heterocycles. The minimum atomic E-state index is 0.0360. The second-order valence-corrected chi connectivity index (χ2v) is 3.23. The van der Waals surface area contributed by atoms with Gasteiger partial charge in [0.15, 0.2) is 0 Å². The van der Waals surface area contributed by atoms with Gasteiger partial charge in [0.05, 0.1) is 13.2 Å². The zero-order valence-corrected chi connectivity index (χ0v) is 8.24. The van der Waals surface area contributed by atoms with Crippen LogP contribution in [0.4, 0.5) is 0 Å². The Bertz CT molecular complexity index is 148. The normalized spacial score (nSPS) is 13.2. The Morgan fingerprint density at radius 2 is 1.92 bits per heavy atom. The molecule has 0 aliphatic heterocycles. The Morgan fingerprint density at radius 3 is 2.25 bits per heavy atom. The van der Waals surface area contributed by atoms with Gasteiger partial charge in [-0.2, -0.15) is 0 Å². The first-order chi connectivity index (χ1) is 5.49. The molecule has 0 saturated carbocycles. The van der Waals surface area contributed by atoms with Crippen molar-refractivity contribution in [3.8, 4) is 0 Å². The maximum atomic E-state index is 11.2. The topological polar surface area (TPSA) is 43.8 Å². The van der Waals surface area contributed by atoms with E-state index in [4.69, 9.17) is 5.11 Å². The van der Waals surface area contributed by atoms with Crippen molar-refractivity contribution < 1.29 is 9.90 Å². The van der Waals surface area contributed by atoms with Crippen LogP contribution in [0.1, 0.15) is 6.92 Å². The molecule has 0 saturated heterocycles. The van der Waals surface area contributed by atoms with E-state index >= 15 is 0 Å². The lowest BCUT2D eigenvalue weighted by molar-refractivity contribution is -0.130. The van der Waals surface area contributed by atoms with Crippen molar-refractivity contribution in [1.29, 1.82) is 0 Å². The van der Waals surface area contributed by atoms with Crippen LogP contribution in [0.3, 0.4) is 0 Å². The molecule has 0 aromatic rings. The van der Waals surface area contributed by atoms with Crippen LogP contribution in [-0.2, 0) is 4.79 Å². The van der Waals surface area contributed by atoms with Gasteiger partial charge in [0.1, 0.15) is 0 Å². The van der Waals surface area contributed by atoms with E-state index in [0.29, 0.717) is 6.54 Å². The summed E-state index contributed by atoms with van der Waals surface area (Å²) in [5, 5.41) is 8.79. The summed E-state index contributed by atoms with van der Waals surface area (Å²) in [5.41, 5.74) is 0. The summed E-state index contributed by atoms with van der Waals surface area (Å²) in [6.07, 6.45) is 0. The highest BCUT2D eigenvalue weighted by Crippen LogP contribution is 1.94. The number of nitrogens with zero attached hydrogens (tertiary/aromatic N) is 2. The van der Waals surface area contributed by atoms with Crippen molar-refractivity contribution >= 4 is 5.91 Å². The average Bonchev–Trinajstić information content (AvgIpc) is 2.02. The average molecular weight is 174 g/mol. The number of amides is 1. The number of aliphatic hydroxyl groups is 1. The van der Waals surface area contributed by atoms with Gasteiger partial charge in [-0.05, 0) is 14.0 Å². The molecular weight excluding hydrogens is 156 g/mol. The molecule has 0 bridgehead atoms. The molecule has 1 unspecified atom stereocenters. The quantitative estimate of drug-likeness (QED) is 0.618. The highest BCUT2D eigenvalue weighted by molar-refractivity contribution is 5.77. The standard InChI is InChI=1S/C8H18N2O2/c1-7(6-11)10(4)5-8(12)9(2)3/h7,11H,5-6H2,1-4H3. The van der Waals surface area contributed by atoms with Crippen molar-refractivity contribution in [2.75, 3.05) is 34.3 Å². The number of aliphatic hydroxyl groups excluding tert-OH is 1. The monoisotopic (exact) mass is 174 g/mol. The van der Waals surface area contributed by atoms with Gasteiger partial charge in [-0.3, -0.25) is 9.69 Å². The Morgan fingerprint density at radius 1 is 1.42 bits per heavy atom. The largest absolute Gasteiger partial charge is 0.395 e. The Kier molecular flexibility index (Phi) is 4.85. The number of hydrogen-bond acceptors (Lipinski definition) is 3. The molecule has 0 aliphatic rings. The molecule has 1 atom stereocenters. The molecule has 0 radical (unpaired) electrons. The van der Waals surface area contributed by atoms with Crippen LogP contribution in [0.25, 0.3) is 0 Å². The lowest BCUT2D eigenvalue weighted by Gasteiger charge is -2.23. The molecule has 0 spiro atoms. The molecule has 1 amide bonds. The third kappa shape index (κ3) is 3.69. The second kappa shape index (κ2) is 5.11. The predicted molar refractivity (Wildman–Crippen MR) is 47.9 cm³/mol. The van der Waals surface area contributed by atoms with Crippen LogP contribution in [0, 0.1) is 0 Å². The second-order valence-electron chi connectivity index (χ2n) is 3.23. The van der Waals surface area contributed by atoms with Crippen LogP contribution in [0.15, 0.2) is 0 Å². The van der Waals surface area contributed by atoms with E-state index in [0.717, 1.165) is 0 Å². The SMILES string of the molecule is CC(CO)N(C)CC(=O)N(C)C. The molecule has 0 fully saturated rings. The number of carbonyl (C=O) groups excluding carboxylic acids is 1. The van der Waals surface area contributed by atoms with Crippen LogP contribution < -0.4 is 0 Å². The van der Waals surface area contributed by atoms with Gasteiger partial charge in [0.2, 0.25) is 5.91 Å². The third-order valence-corrected chi connectivity index (χ3v) is 1.90. The summed E-state index contributed by atoms with van der Waals surface area (Å²) >= 11 is 0. The van der Waals surface area contributed by atoms with Crippen molar-refractivity contribution in [2.24, 2.45) is 0 Å². The van der Waals surface area contributed by atoms with E-state index in [1.54, 1.807) is 19.0 Å². The minimum Gasteiger partial charge on any atom is -0.395 e. The zero-order valence-electron chi connectivity index (χ0n) is 8.24. The van der Waals surface area contributed by atoms with Gasteiger partial charge < -0.3 is 10.0 Å². The third-order valence-electron chi connectivity index (χ3n) is 1.90. The molecule has 1 N–H and O–H groups in total. The highest BCUT2D eigenvalue weighted by atomic mass is 16.3. The van der Waals surface area contributed by atoms with Gasteiger partial charge >= 0.3 is 0 Å². The molecule has 72 valence electrons. The van der Waals surface area contributed by atoms with Gasteiger partial charge in [0.25, 0.3) is 0 Å². The molecule has 0 heterocycles. The fourth-order valence-electron chi connectivity index (χ4n) is 0.650. The molecule has 0 aliphatic carbocycles. The Balaban J connectivity index is 3.83. The summed E-state index contributed by atoms with van der Waals surface area (Å²) in [6, 6.07) is 0.0360. The van der Waals surface area contributed by atoms with Crippen LogP contribution in [0.5, 0.6) is 0 Å². The van der Waals surface area contributed by atoms with E-state index in [9.17, 15) is 4.79 Å². The molecule has 0 rings (SSSR count). The first-order valence-electron chi connectivity index (χ1n) is 4.00. The summed E-state index contributed by atoms with van der Waals surface area (Å²) in [5.74, 6) is 0.0535. The van der Waals surface area contributed by atoms with Crippen molar-refractivity contribution in [1.82, 2.24) is 9.80 Å². The molecular formula is C8H18N2O2. The summed E-state index contributed by atoms with van der Waals surface area (Å²) in [7, 11) is 5.27. The van der Waals surface area contributed by atoms with Gasteiger partial charge in [-0.15, -0.1) is 0 Å². The van der Waals surface area contributed by atoms with Crippen LogP contribution in [-0.4, -0.2) is 61.2 Å². The highest BCUT2D eigenvalue weighted by Gasteiger charge is 2.12. The molecule has 4 heteroatoms. The van der Waals surface area contributed by atoms with Crippen LogP contribution in [0.2, 0.25) is 0 Å². The maximum absolute atomic E-state index is 11.2. The first-order valence-corrected chi connectivity index (χ1v) is 4.00. The number of likely N-dealkylation sites (N-methyl/N-ethyl adjacent to an activating group) is 2. The first kappa shape index (κ1) is 11.4. The molecule has 12 heavy (non-hydrogen) atoms. The summed E-state index contributed by atoms with van der Waals surface area (Å²) in [4.78, 5) is 14.5. The fourth-order valence-corrected chi connectivity index (χ4v) is 0.650. The van der Waals surface area contributed by atoms with Crippen molar-refractivity contribution in [3.63, 3.8) is 0 Å². The summed E-state index contributed by atoms with van der Waals surface area (Å²) in [6.45, 7) is 2.31. The smallest absolute Gasteiger partial charge is 0.236 e. The Hall–Kier alpha value is -0.610. The van der Waals surface area contributed by atoms with Crippen molar-refractivity contribution in [3.05, 3.63) is 0 Å². The van der Waals surface area contributed by atoms with Crippen LogP contribution >= 0.6 is 0 Å². The minimum absolute atomic E-state index is 0.0360. The summed E-state index contributed by atoms with van der Waals surface area (Å²) < 4.78 is 0. The van der Waals surface area contributed by atoms with Crippen molar-refractivity contribution in [2.45, 2.75) is 13.0 Å². The zero-order chi connectivity index (χ0) is 9.72. The van der Waals surface area contributed by atoms with Gasteiger partial charge in [-0.1, -0.05) is 0 Å². The fraction of sp³-hybridized carbons (Fsp3) is 0.875. The molecule has 4 nitrogen and oxygen atoms in total. The molecule has 0 aromatic carbocycles. The number of rotatable bonds is 4. The van der Waals surface area contributed by atoms with E-state index in [1.165, 1.54) is 0 Å². The number of carbonyl (C=O) groups is 1. The predicted octanol–water partition coefficient (Wildman–Crippen LogP) is -0.613. The number of hydrogen-bond donors (Lipinski definition) is 1.